The summed E-state index contributed by atoms with van der Waals surface area (Å²) in [6.45, 7) is 2.24. The van der Waals surface area contributed by atoms with Gasteiger partial charge in [-0.3, -0.25) is 9.59 Å². The molecule has 0 saturated heterocycles. The fraction of sp³-hybridized carbons (Fsp3) is 0.385. The number of anilines is 1. The number of carbonyl (C=O) groups is 2. The van der Waals surface area contributed by atoms with Crippen molar-refractivity contribution < 1.29 is 9.59 Å². The zero-order valence-electron chi connectivity index (χ0n) is 11.6. The van der Waals surface area contributed by atoms with Crippen LogP contribution in [0.4, 0.5) is 5.69 Å². The minimum absolute atomic E-state index is 0. The van der Waals surface area contributed by atoms with Crippen LogP contribution in [0, 0.1) is 0 Å². The fourth-order valence-corrected chi connectivity index (χ4v) is 2.10. The van der Waals surface area contributed by atoms with E-state index >= 15 is 0 Å². The molecule has 5 nitrogen and oxygen atoms in total. The number of hydrogen-bond donors (Lipinski definition) is 2. The SMILES string of the molecule is CCCN(CC(=O)Nc1ccc(Cl)cc1Cl)C(=O)CN.Cl. The first kappa shape index (κ1) is 20.0. The van der Waals surface area contributed by atoms with E-state index in [0.29, 0.717) is 22.3 Å². The van der Waals surface area contributed by atoms with Crippen molar-refractivity contribution in [2.45, 2.75) is 13.3 Å². The van der Waals surface area contributed by atoms with E-state index in [2.05, 4.69) is 5.32 Å². The van der Waals surface area contributed by atoms with Crippen LogP contribution in [0.15, 0.2) is 18.2 Å². The maximum absolute atomic E-state index is 11.9. The second-order valence-electron chi connectivity index (χ2n) is 4.19. The zero-order valence-corrected chi connectivity index (χ0v) is 13.9. The highest BCUT2D eigenvalue weighted by Crippen LogP contribution is 2.25. The number of rotatable bonds is 6. The summed E-state index contributed by atoms with van der Waals surface area (Å²) >= 11 is 11.7. The van der Waals surface area contributed by atoms with Crippen molar-refractivity contribution in [1.82, 2.24) is 4.90 Å². The summed E-state index contributed by atoms with van der Waals surface area (Å²) < 4.78 is 0. The first-order valence-corrected chi connectivity index (χ1v) is 6.96. The van der Waals surface area contributed by atoms with Gasteiger partial charge in [0, 0.05) is 11.6 Å². The van der Waals surface area contributed by atoms with Crippen LogP contribution >= 0.6 is 35.6 Å². The summed E-state index contributed by atoms with van der Waals surface area (Å²) in [4.78, 5) is 24.9. The molecule has 118 valence electrons. The smallest absolute Gasteiger partial charge is 0.244 e. The van der Waals surface area contributed by atoms with Crippen molar-refractivity contribution in [3.05, 3.63) is 28.2 Å². The maximum atomic E-state index is 11.9. The van der Waals surface area contributed by atoms with E-state index in [1.54, 1.807) is 12.1 Å². The molecule has 1 aromatic carbocycles. The van der Waals surface area contributed by atoms with Crippen LogP contribution in [0.3, 0.4) is 0 Å². The Kier molecular flexibility index (Phi) is 9.37. The molecule has 0 heterocycles. The van der Waals surface area contributed by atoms with E-state index in [4.69, 9.17) is 28.9 Å². The standard InChI is InChI=1S/C13H17Cl2N3O2.ClH/c1-2-5-18(13(20)7-16)8-12(19)17-11-4-3-9(14)6-10(11)15;/h3-4,6H,2,5,7-8,16H2,1H3,(H,17,19);1H. The van der Waals surface area contributed by atoms with E-state index in [-0.39, 0.29) is 37.3 Å². The fourth-order valence-electron chi connectivity index (χ4n) is 1.64. The Hall–Kier alpha value is -1.01. The van der Waals surface area contributed by atoms with Gasteiger partial charge >= 0.3 is 0 Å². The predicted octanol–water partition coefficient (Wildman–Crippen LogP) is 2.55. The first-order valence-electron chi connectivity index (χ1n) is 6.20. The third-order valence-corrected chi connectivity index (χ3v) is 3.11. The van der Waals surface area contributed by atoms with Crippen molar-refractivity contribution in [2.24, 2.45) is 5.73 Å². The number of nitrogens with one attached hydrogen (secondary N) is 1. The van der Waals surface area contributed by atoms with Crippen LogP contribution in [-0.4, -0.2) is 36.3 Å². The van der Waals surface area contributed by atoms with Crippen LogP contribution in [0.5, 0.6) is 0 Å². The number of benzene rings is 1. The Bertz CT molecular complexity index is 498. The van der Waals surface area contributed by atoms with Gasteiger partial charge in [-0.2, -0.15) is 0 Å². The topological polar surface area (TPSA) is 75.4 Å². The molecule has 0 unspecified atom stereocenters. The van der Waals surface area contributed by atoms with Crippen molar-refractivity contribution >= 4 is 53.1 Å². The average molecular weight is 355 g/mol. The average Bonchev–Trinajstić information content (AvgIpc) is 2.40. The van der Waals surface area contributed by atoms with E-state index in [0.717, 1.165) is 6.42 Å². The van der Waals surface area contributed by atoms with E-state index < -0.39 is 0 Å². The third-order valence-electron chi connectivity index (χ3n) is 2.56. The number of halogens is 3. The summed E-state index contributed by atoms with van der Waals surface area (Å²) in [6, 6.07) is 4.77. The number of carbonyl (C=O) groups excluding carboxylic acids is 2. The van der Waals surface area contributed by atoms with E-state index in [1.165, 1.54) is 11.0 Å². The van der Waals surface area contributed by atoms with Gasteiger partial charge in [0.1, 0.15) is 0 Å². The lowest BCUT2D eigenvalue weighted by Gasteiger charge is -2.21. The third kappa shape index (κ3) is 6.52. The van der Waals surface area contributed by atoms with Gasteiger partial charge in [-0.05, 0) is 24.6 Å². The molecule has 0 radical (unpaired) electrons. The van der Waals surface area contributed by atoms with Crippen molar-refractivity contribution in [2.75, 3.05) is 25.0 Å². The predicted molar refractivity (Wildman–Crippen MR) is 88.3 cm³/mol. The lowest BCUT2D eigenvalue weighted by Crippen LogP contribution is -2.41. The van der Waals surface area contributed by atoms with Gasteiger partial charge in [0.25, 0.3) is 0 Å². The maximum Gasteiger partial charge on any atom is 0.244 e. The molecule has 3 N–H and O–H groups in total. The quantitative estimate of drug-likeness (QED) is 0.824. The first-order chi connectivity index (χ1) is 9.47. The Labute approximate surface area is 140 Å². The summed E-state index contributed by atoms with van der Waals surface area (Å²) in [7, 11) is 0. The molecule has 21 heavy (non-hydrogen) atoms. The molecule has 0 aliphatic heterocycles. The van der Waals surface area contributed by atoms with Crippen LogP contribution in [0.25, 0.3) is 0 Å². The second-order valence-corrected chi connectivity index (χ2v) is 5.04. The van der Waals surface area contributed by atoms with E-state index in [1.807, 2.05) is 6.92 Å². The van der Waals surface area contributed by atoms with Crippen LogP contribution < -0.4 is 11.1 Å². The highest BCUT2D eigenvalue weighted by atomic mass is 35.5. The molecule has 0 aromatic heterocycles. The molecule has 1 aromatic rings. The van der Waals surface area contributed by atoms with E-state index in [9.17, 15) is 9.59 Å². The van der Waals surface area contributed by atoms with Gasteiger partial charge in [-0.1, -0.05) is 30.1 Å². The van der Waals surface area contributed by atoms with Crippen molar-refractivity contribution in [3.63, 3.8) is 0 Å². The van der Waals surface area contributed by atoms with Crippen LogP contribution in [0.2, 0.25) is 10.0 Å². The molecule has 0 saturated carbocycles. The number of nitrogens with two attached hydrogens (primary N) is 1. The summed E-state index contributed by atoms with van der Waals surface area (Å²) in [5.41, 5.74) is 5.77. The Morgan fingerprint density at radius 1 is 1.33 bits per heavy atom. The van der Waals surface area contributed by atoms with Gasteiger partial charge < -0.3 is 16.0 Å². The molecule has 0 aliphatic carbocycles. The molecule has 8 heteroatoms. The molecule has 0 fully saturated rings. The van der Waals surface area contributed by atoms with Crippen LogP contribution in [-0.2, 0) is 9.59 Å². The number of amides is 2. The summed E-state index contributed by atoms with van der Waals surface area (Å²) in [5, 5.41) is 3.47. The Morgan fingerprint density at radius 3 is 2.52 bits per heavy atom. The van der Waals surface area contributed by atoms with Crippen molar-refractivity contribution in [1.29, 1.82) is 0 Å². The van der Waals surface area contributed by atoms with Gasteiger partial charge in [-0.25, -0.2) is 0 Å². The Morgan fingerprint density at radius 2 is 2.00 bits per heavy atom. The van der Waals surface area contributed by atoms with Gasteiger partial charge in [0.05, 0.1) is 23.8 Å². The van der Waals surface area contributed by atoms with Crippen LogP contribution in [0.1, 0.15) is 13.3 Å². The van der Waals surface area contributed by atoms with Gasteiger partial charge in [0.15, 0.2) is 0 Å². The monoisotopic (exact) mass is 353 g/mol. The largest absolute Gasteiger partial charge is 0.332 e. The summed E-state index contributed by atoms with van der Waals surface area (Å²) in [6.07, 6.45) is 0.751. The van der Waals surface area contributed by atoms with Gasteiger partial charge in [-0.15, -0.1) is 12.4 Å². The molecule has 0 spiro atoms. The molecule has 0 aliphatic rings. The Balaban J connectivity index is 0.00000400. The highest BCUT2D eigenvalue weighted by molar-refractivity contribution is 6.36. The normalized spacial score (nSPS) is 9.71. The lowest BCUT2D eigenvalue weighted by atomic mass is 10.3. The number of nitrogens with zero attached hydrogens (tertiary/aromatic N) is 1. The molecule has 2 amide bonds. The molecule has 0 atom stereocenters. The molecular weight excluding hydrogens is 337 g/mol. The lowest BCUT2D eigenvalue weighted by molar-refractivity contribution is -0.133. The van der Waals surface area contributed by atoms with Crippen molar-refractivity contribution in [3.8, 4) is 0 Å². The highest BCUT2D eigenvalue weighted by Gasteiger charge is 2.15. The zero-order chi connectivity index (χ0) is 15.1. The number of hydrogen-bond acceptors (Lipinski definition) is 3. The second kappa shape index (κ2) is 9.84. The van der Waals surface area contributed by atoms with Gasteiger partial charge in [0.2, 0.25) is 11.8 Å². The molecule has 1 rings (SSSR count). The summed E-state index contributed by atoms with van der Waals surface area (Å²) in [5.74, 6) is -0.589. The minimum Gasteiger partial charge on any atom is -0.332 e. The minimum atomic E-state index is -0.329. The molecule has 0 bridgehead atoms. The molecular formula is C13H18Cl3N3O2.